The van der Waals surface area contributed by atoms with E-state index in [0.717, 1.165) is 23.7 Å². The second-order valence-electron chi connectivity index (χ2n) is 6.55. The van der Waals surface area contributed by atoms with Gasteiger partial charge in [-0.05, 0) is 36.8 Å². The third kappa shape index (κ3) is 3.88. The Balaban J connectivity index is 1.34. The van der Waals surface area contributed by atoms with E-state index in [-0.39, 0.29) is 18.3 Å². The second kappa shape index (κ2) is 7.52. The fourth-order valence-corrected chi connectivity index (χ4v) is 4.21. The third-order valence-corrected chi connectivity index (χ3v) is 5.70. The molecule has 1 aliphatic heterocycles. The topological polar surface area (TPSA) is 45.7 Å². The molecule has 1 amide bonds. The SMILES string of the molecule is Cc1ccc2nc(N3CCN(C(=O)COc4ccccc4F)CC3)sc2c1. The van der Waals surface area contributed by atoms with Gasteiger partial charge in [0.1, 0.15) is 0 Å². The van der Waals surface area contributed by atoms with Crippen molar-refractivity contribution in [1.82, 2.24) is 9.88 Å². The van der Waals surface area contributed by atoms with Crippen LogP contribution in [0.5, 0.6) is 5.75 Å². The summed E-state index contributed by atoms with van der Waals surface area (Å²) in [4.78, 5) is 21.0. The van der Waals surface area contributed by atoms with E-state index in [1.807, 2.05) is 6.07 Å². The van der Waals surface area contributed by atoms with Gasteiger partial charge in [-0.1, -0.05) is 29.5 Å². The number of aromatic nitrogens is 1. The lowest BCUT2D eigenvalue weighted by Gasteiger charge is -2.34. The highest BCUT2D eigenvalue weighted by atomic mass is 32.1. The molecule has 2 heterocycles. The van der Waals surface area contributed by atoms with Gasteiger partial charge in [-0.3, -0.25) is 4.79 Å². The molecule has 7 heteroatoms. The zero-order valence-electron chi connectivity index (χ0n) is 15.0. The molecular formula is C20H20FN3O2S. The molecule has 1 saturated heterocycles. The van der Waals surface area contributed by atoms with Crippen LogP contribution in [0.15, 0.2) is 42.5 Å². The summed E-state index contributed by atoms with van der Waals surface area (Å²) in [5.41, 5.74) is 2.24. The number of hydrogen-bond acceptors (Lipinski definition) is 5. The van der Waals surface area contributed by atoms with Gasteiger partial charge < -0.3 is 14.5 Å². The Bertz CT molecular complexity index is 967. The van der Waals surface area contributed by atoms with Crippen LogP contribution < -0.4 is 9.64 Å². The monoisotopic (exact) mass is 385 g/mol. The van der Waals surface area contributed by atoms with Crippen LogP contribution in [0, 0.1) is 12.7 Å². The van der Waals surface area contributed by atoms with Gasteiger partial charge in [0.25, 0.3) is 5.91 Å². The zero-order chi connectivity index (χ0) is 18.8. The van der Waals surface area contributed by atoms with E-state index in [1.54, 1.807) is 28.4 Å². The number of fused-ring (bicyclic) bond motifs is 1. The van der Waals surface area contributed by atoms with Gasteiger partial charge >= 0.3 is 0 Å². The summed E-state index contributed by atoms with van der Waals surface area (Å²) < 4.78 is 20.1. The van der Waals surface area contributed by atoms with Gasteiger partial charge in [-0.15, -0.1) is 0 Å². The Morgan fingerprint density at radius 2 is 1.96 bits per heavy atom. The van der Waals surface area contributed by atoms with Crippen molar-refractivity contribution in [1.29, 1.82) is 0 Å². The standard InChI is InChI=1S/C20H20FN3O2S/c1-14-6-7-16-18(12-14)27-20(22-16)24-10-8-23(9-11-24)19(25)13-26-17-5-3-2-4-15(17)21/h2-7,12H,8-11,13H2,1H3. The quantitative estimate of drug-likeness (QED) is 0.690. The Labute approximate surface area is 161 Å². The van der Waals surface area contributed by atoms with E-state index in [9.17, 15) is 9.18 Å². The maximum atomic E-state index is 13.6. The van der Waals surface area contributed by atoms with Crippen LogP contribution in [0.25, 0.3) is 10.2 Å². The van der Waals surface area contributed by atoms with Crippen LogP contribution in [0.3, 0.4) is 0 Å². The summed E-state index contributed by atoms with van der Waals surface area (Å²) in [6.07, 6.45) is 0. The van der Waals surface area contributed by atoms with Crippen molar-refractivity contribution in [2.75, 3.05) is 37.7 Å². The van der Waals surface area contributed by atoms with Crippen molar-refractivity contribution in [3.8, 4) is 5.75 Å². The molecule has 4 rings (SSSR count). The Morgan fingerprint density at radius 1 is 1.19 bits per heavy atom. The summed E-state index contributed by atoms with van der Waals surface area (Å²) in [5.74, 6) is -0.478. The fourth-order valence-electron chi connectivity index (χ4n) is 3.09. The average Bonchev–Trinajstić information content (AvgIpc) is 3.10. The minimum Gasteiger partial charge on any atom is -0.481 e. The molecule has 2 aromatic carbocycles. The smallest absolute Gasteiger partial charge is 0.260 e. The summed E-state index contributed by atoms with van der Waals surface area (Å²) >= 11 is 1.68. The van der Waals surface area contributed by atoms with Crippen LogP contribution in [-0.4, -0.2) is 48.6 Å². The molecule has 0 N–H and O–H groups in total. The number of para-hydroxylation sites is 1. The van der Waals surface area contributed by atoms with Crippen molar-refractivity contribution in [3.63, 3.8) is 0 Å². The van der Waals surface area contributed by atoms with Crippen LogP contribution in [0.2, 0.25) is 0 Å². The first kappa shape index (κ1) is 17.7. The highest BCUT2D eigenvalue weighted by Crippen LogP contribution is 2.30. The Morgan fingerprint density at radius 3 is 2.74 bits per heavy atom. The van der Waals surface area contributed by atoms with Crippen LogP contribution in [0.4, 0.5) is 9.52 Å². The number of thiazole rings is 1. The van der Waals surface area contributed by atoms with E-state index >= 15 is 0 Å². The molecule has 3 aromatic rings. The fraction of sp³-hybridized carbons (Fsp3) is 0.300. The maximum Gasteiger partial charge on any atom is 0.260 e. The predicted octanol–water partition coefficient (Wildman–Crippen LogP) is 3.47. The molecule has 0 saturated carbocycles. The largest absolute Gasteiger partial charge is 0.481 e. The van der Waals surface area contributed by atoms with Gasteiger partial charge in [-0.25, -0.2) is 9.37 Å². The number of ether oxygens (including phenoxy) is 1. The number of aryl methyl sites for hydroxylation is 1. The summed E-state index contributed by atoms with van der Waals surface area (Å²) in [6, 6.07) is 12.4. The molecule has 0 unspecified atom stereocenters. The lowest BCUT2D eigenvalue weighted by molar-refractivity contribution is -0.133. The normalized spacial score (nSPS) is 14.6. The van der Waals surface area contributed by atoms with E-state index in [0.29, 0.717) is 13.1 Å². The average molecular weight is 385 g/mol. The van der Waals surface area contributed by atoms with Gasteiger partial charge in [0.2, 0.25) is 0 Å². The molecule has 27 heavy (non-hydrogen) atoms. The van der Waals surface area contributed by atoms with Crippen LogP contribution in [0.1, 0.15) is 5.56 Å². The summed E-state index contributed by atoms with van der Waals surface area (Å²) in [7, 11) is 0. The molecule has 140 valence electrons. The number of amides is 1. The first-order valence-electron chi connectivity index (χ1n) is 8.87. The number of carbonyl (C=O) groups is 1. The van der Waals surface area contributed by atoms with E-state index in [2.05, 4.69) is 24.0 Å². The molecule has 0 atom stereocenters. The number of halogens is 1. The predicted molar refractivity (Wildman–Crippen MR) is 105 cm³/mol. The molecule has 0 spiro atoms. The van der Waals surface area contributed by atoms with E-state index < -0.39 is 5.82 Å². The molecule has 0 bridgehead atoms. The Hall–Kier alpha value is -2.67. The van der Waals surface area contributed by atoms with E-state index in [1.165, 1.54) is 22.4 Å². The minimum atomic E-state index is -0.457. The molecular weight excluding hydrogens is 365 g/mol. The first-order valence-corrected chi connectivity index (χ1v) is 9.69. The van der Waals surface area contributed by atoms with E-state index in [4.69, 9.17) is 9.72 Å². The molecule has 1 aromatic heterocycles. The van der Waals surface area contributed by atoms with Crippen molar-refractivity contribution < 1.29 is 13.9 Å². The van der Waals surface area contributed by atoms with Crippen molar-refractivity contribution in [2.24, 2.45) is 0 Å². The van der Waals surface area contributed by atoms with Crippen molar-refractivity contribution in [2.45, 2.75) is 6.92 Å². The third-order valence-electron chi connectivity index (χ3n) is 4.62. The number of nitrogens with zero attached hydrogens (tertiary/aromatic N) is 3. The van der Waals surface area contributed by atoms with Crippen LogP contribution in [-0.2, 0) is 4.79 Å². The maximum absolute atomic E-state index is 13.6. The molecule has 0 radical (unpaired) electrons. The number of rotatable bonds is 4. The lowest BCUT2D eigenvalue weighted by atomic mass is 10.2. The number of hydrogen-bond donors (Lipinski definition) is 0. The molecule has 5 nitrogen and oxygen atoms in total. The molecule has 1 fully saturated rings. The zero-order valence-corrected chi connectivity index (χ0v) is 15.8. The lowest BCUT2D eigenvalue weighted by Crippen LogP contribution is -2.50. The second-order valence-corrected chi connectivity index (χ2v) is 7.56. The van der Waals surface area contributed by atoms with Crippen molar-refractivity contribution >= 4 is 32.6 Å². The van der Waals surface area contributed by atoms with Gasteiger partial charge in [0, 0.05) is 26.2 Å². The first-order chi connectivity index (χ1) is 13.1. The van der Waals surface area contributed by atoms with Gasteiger partial charge in [0.05, 0.1) is 10.2 Å². The number of benzene rings is 2. The van der Waals surface area contributed by atoms with Crippen molar-refractivity contribution in [3.05, 3.63) is 53.8 Å². The summed E-state index contributed by atoms with van der Waals surface area (Å²) in [6.45, 7) is 4.59. The molecule has 0 aliphatic carbocycles. The minimum absolute atomic E-state index is 0.106. The van der Waals surface area contributed by atoms with Gasteiger partial charge in [-0.2, -0.15) is 0 Å². The number of carbonyl (C=O) groups excluding carboxylic acids is 1. The highest BCUT2D eigenvalue weighted by molar-refractivity contribution is 7.22. The Kier molecular flexibility index (Phi) is 4.94. The number of anilines is 1. The molecule has 1 aliphatic rings. The van der Waals surface area contributed by atoms with Crippen LogP contribution >= 0.6 is 11.3 Å². The van der Waals surface area contributed by atoms with Gasteiger partial charge in [0.15, 0.2) is 23.3 Å². The summed E-state index contributed by atoms with van der Waals surface area (Å²) in [5, 5.41) is 0.991. The number of piperazine rings is 1. The highest BCUT2D eigenvalue weighted by Gasteiger charge is 2.23.